The van der Waals surface area contributed by atoms with Crippen LogP contribution in [0.15, 0.2) is 65.7 Å². The number of piperazine rings is 1. The van der Waals surface area contributed by atoms with Crippen molar-refractivity contribution in [3.63, 3.8) is 0 Å². The van der Waals surface area contributed by atoms with E-state index in [1.54, 1.807) is 23.5 Å². The molecule has 0 bridgehead atoms. The Kier molecular flexibility index (Phi) is 5.66. The molecule has 184 valence electrons. The van der Waals surface area contributed by atoms with Crippen LogP contribution in [0.25, 0.3) is 32.2 Å². The van der Waals surface area contributed by atoms with E-state index in [2.05, 4.69) is 50.6 Å². The first kappa shape index (κ1) is 23.0. The van der Waals surface area contributed by atoms with Gasteiger partial charge in [-0.1, -0.05) is 29.5 Å². The first-order chi connectivity index (χ1) is 17.3. The maximum Gasteiger partial charge on any atom is 0.188 e. The van der Waals surface area contributed by atoms with Crippen LogP contribution < -0.4 is 10.2 Å². The molecule has 8 nitrogen and oxygen atoms in total. The summed E-state index contributed by atoms with van der Waals surface area (Å²) in [6, 6.07) is 17.8. The molecule has 1 saturated heterocycles. The Balaban J connectivity index is 1.37. The summed E-state index contributed by atoms with van der Waals surface area (Å²) in [5.74, 6) is 0. The first-order valence-electron chi connectivity index (χ1n) is 11.7. The molecular weight excluding hydrogens is 492 g/mol. The fourth-order valence-corrected chi connectivity index (χ4v) is 6.28. The number of anilines is 3. The van der Waals surface area contributed by atoms with Crippen molar-refractivity contribution in [3.8, 4) is 11.1 Å². The van der Waals surface area contributed by atoms with Crippen molar-refractivity contribution in [2.75, 3.05) is 49.7 Å². The second-order valence-corrected chi connectivity index (χ2v) is 12.3. The summed E-state index contributed by atoms with van der Waals surface area (Å²) in [5.41, 5.74) is 5.71. The zero-order valence-corrected chi connectivity index (χ0v) is 21.7. The predicted molar refractivity (Wildman–Crippen MR) is 147 cm³/mol. The SMILES string of the molecule is CN1CCN(c2cc(Nc3nc4cccc(-c5ccc6[nH]ncc6c5)c4s3)cc(S(C)(=O)=O)c2)CC1. The lowest BCUT2D eigenvalue weighted by Gasteiger charge is -2.34. The summed E-state index contributed by atoms with van der Waals surface area (Å²) < 4.78 is 26.0. The second-order valence-electron chi connectivity index (χ2n) is 9.25. The van der Waals surface area contributed by atoms with Crippen molar-refractivity contribution in [3.05, 3.63) is 60.8 Å². The fourth-order valence-electron chi connectivity index (χ4n) is 4.58. The highest BCUT2D eigenvalue weighted by atomic mass is 32.2. The molecule has 0 spiro atoms. The third-order valence-electron chi connectivity index (χ3n) is 6.61. The number of rotatable bonds is 5. The van der Waals surface area contributed by atoms with E-state index in [1.165, 1.54) is 6.26 Å². The summed E-state index contributed by atoms with van der Waals surface area (Å²) in [6.45, 7) is 3.59. The molecule has 0 unspecified atom stereocenters. The number of nitrogens with zero attached hydrogens (tertiary/aromatic N) is 4. The molecule has 6 rings (SSSR count). The molecule has 1 fully saturated rings. The summed E-state index contributed by atoms with van der Waals surface area (Å²) in [4.78, 5) is 9.63. The third-order valence-corrected chi connectivity index (χ3v) is 8.72. The Morgan fingerprint density at radius 3 is 2.67 bits per heavy atom. The Hall–Kier alpha value is -3.47. The molecule has 3 heterocycles. The zero-order valence-electron chi connectivity index (χ0n) is 20.0. The number of sulfone groups is 1. The average Bonchev–Trinajstić information content (AvgIpc) is 3.49. The van der Waals surface area contributed by atoms with Crippen LogP contribution >= 0.6 is 11.3 Å². The largest absolute Gasteiger partial charge is 0.369 e. The van der Waals surface area contributed by atoms with E-state index in [0.717, 1.165) is 69.2 Å². The van der Waals surface area contributed by atoms with Crippen molar-refractivity contribution < 1.29 is 8.42 Å². The van der Waals surface area contributed by atoms with Gasteiger partial charge in [0.2, 0.25) is 0 Å². The fraction of sp³-hybridized carbons (Fsp3) is 0.231. The number of aromatic amines is 1. The van der Waals surface area contributed by atoms with Gasteiger partial charge in [0.25, 0.3) is 0 Å². The topological polar surface area (TPSA) is 94.2 Å². The van der Waals surface area contributed by atoms with Gasteiger partial charge in [-0.15, -0.1) is 0 Å². The molecule has 3 aromatic carbocycles. The summed E-state index contributed by atoms with van der Waals surface area (Å²) >= 11 is 1.56. The summed E-state index contributed by atoms with van der Waals surface area (Å²) in [7, 11) is -1.27. The minimum Gasteiger partial charge on any atom is -0.369 e. The molecule has 5 aromatic rings. The van der Waals surface area contributed by atoms with Crippen LogP contribution in [0.5, 0.6) is 0 Å². The molecule has 10 heteroatoms. The Bertz CT molecular complexity index is 1680. The monoisotopic (exact) mass is 518 g/mol. The van der Waals surface area contributed by atoms with Crippen molar-refractivity contribution >= 4 is 58.8 Å². The number of likely N-dealkylation sites (N-methyl/N-ethyl adjacent to an activating group) is 1. The van der Waals surface area contributed by atoms with Gasteiger partial charge in [-0.2, -0.15) is 5.10 Å². The number of hydrogen-bond donors (Lipinski definition) is 2. The molecule has 0 saturated carbocycles. The highest BCUT2D eigenvalue weighted by Crippen LogP contribution is 2.37. The van der Waals surface area contributed by atoms with E-state index in [9.17, 15) is 8.42 Å². The van der Waals surface area contributed by atoms with Gasteiger partial charge < -0.3 is 15.1 Å². The van der Waals surface area contributed by atoms with E-state index >= 15 is 0 Å². The van der Waals surface area contributed by atoms with Gasteiger partial charge in [0, 0.05) is 54.8 Å². The number of thiazole rings is 1. The van der Waals surface area contributed by atoms with Gasteiger partial charge in [0.15, 0.2) is 15.0 Å². The van der Waals surface area contributed by atoms with Crippen LogP contribution in [0.4, 0.5) is 16.5 Å². The van der Waals surface area contributed by atoms with Gasteiger partial charge >= 0.3 is 0 Å². The normalized spacial score (nSPS) is 15.1. The standard InChI is InChI=1S/C26H26N6O2S2/c1-31-8-10-32(11-9-31)20-13-19(14-21(15-20)36(2,33)34)28-26-29-24-5-3-4-22(25(24)35-26)17-6-7-23-18(12-17)16-27-30-23/h3-7,12-16H,8-11H2,1-2H3,(H,27,30)(H,28,29). The highest BCUT2D eigenvalue weighted by Gasteiger charge is 2.19. The van der Waals surface area contributed by atoms with Gasteiger partial charge in [-0.05, 0) is 49.0 Å². The number of nitrogens with one attached hydrogen (secondary N) is 2. The van der Waals surface area contributed by atoms with Crippen LogP contribution in [-0.2, 0) is 9.84 Å². The first-order valence-corrected chi connectivity index (χ1v) is 14.4. The summed E-state index contributed by atoms with van der Waals surface area (Å²) in [6.07, 6.45) is 3.08. The van der Waals surface area contributed by atoms with Crippen LogP contribution in [-0.4, -0.2) is 68.0 Å². The minimum atomic E-state index is -3.37. The van der Waals surface area contributed by atoms with E-state index < -0.39 is 9.84 Å². The molecule has 1 aliphatic heterocycles. The van der Waals surface area contributed by atoms with Gasteiger partial charge in [0.05, 0.1) is 26.8 Å². The Morgan fingerprint density at radius 2 is 1.86 bits per heavy atom. The van der Waals surface area contributed by atoms with Crippen LogP contribution in [0.2, 0.25) is 0 Å². The zero-order chi connectivity index (χ0) is 24.9. The van der Waals surface area contributed by atoms with E-state index in [4.69, 9.17) is 4.98 Å². The van der Waals surface area contributed by atoms with Crippen LogP contribution in [0, 0.1) is 0 Å². The summed E-state index contributed by atoms with van der Waals surface area (Å²) in [5, 5.41) is 12.3. The van der Waals surface area contributed by atoms with Crippen LogP contribution in [0.3, 0.4) is 0 Å². The lowest BCUT2D eigenvalue weighted by atomic mass is 10.0. The second kappa shape index (κ2) is 8.88. The van der Waals surface area contributed by atoms with Gasteiger partial charge in [0.1, 0.15) is 0 Å². The molecule has 1 aliphatic rings. The maximum absolute atomic E-state index is 12.5. The van der Waals surface area contributed by atoms with E-state index in [-0.39, 0.29) is 0 Å². The number of benzene rings is 3. The molecule has 2 N–H and O–H groups in total. The van der Waals surface area contributed by atoms with Crippen molar-refractivity contribution in [1.82, 2.24) is 20.1 Å². The molecule has 0 aliphatic carbocycles. The number of fused-ring (bicyclic) bond motifs is 2. The molecule has 36 heavy (non-hydrogen) atoms. The predicted octanol–water partition coefficient (Wildman–Crippen LogP) is 4.74. The maximum atomic E-state index is 12.5. The smallest absolute Gasteiger partial charge is 0.188 e. The molecule has 0 atom stereocenters. The average molecular weight is 519 g/mol. The van der Waals surface area contributed by atoms with Gasteiger partial charge in [-0.3, -0.25) is 5.10 Å². The van der Waals surface area contributed by atoms with Crippen molar-refractivity contribution in [2.45, 2.75) is 4.90 Å². The van der Waals surface area contributed by atoms with Crippen LogP contribution in [0.1, 0.15) is 0 Å². The molecule has 0 amide bonds. The lowest BCUT2D eigenvalue weighted by Crippen LogP contribution is -2.44. The minimum absolute atomic E-state index is 0.302. The lowest BCUT2D eigenvalue weighted by molar-refractivity contribution is 0.313. The number of aromatic nitrogens is 3. The van der Waals surface area contributed by atoms with Crippen molar-refractivity contribution in [2.24, 2.45) is 0 Å². The molecular formula is C26H26N6O2S2. The highest BCUT2D eigenvalue weighted by molar-refractivity contribution is 7.90. The molecule has 0 radical (unpaired) electrons. The Morgan fingerprint density at radius 1 is 1.03 bits per heavy atom. The van der Waals surface area contributed by atoms with Crippen molar-refractivity contribution in [1.29, 1.82) is 0 Å². The third kappa shape index (κ3) is 4.43. The number of hydrogen-bond acceptors (Lipinski definition) is 8. The molecule has 2 aromatic heterocycles. The number of H-pyrrole nitrogens is 1. The Labute approximate surface area is 213 Å². The quantitative estimate of drug-likeness (QED) is 0.347. The van der Waals surface area contributed by atoms with E-state index in [1.807, 2.05) is 30.5 Å². The van der Waals surface area contributed by atoms with Gasteiger partial charge in [-0.25, -0.2) is 13.4 Å². The van der Waals surface area contributed by atoms with E-state index in [0.29, 0.717) is 10.6 Å².